The summed E-state index contributed by atoms with van der Waals surface area (Å²) in [5.74, 6) is 0.997. The van der Waals surface area contributed by atoms with Crippen LogP contribution in [-0.2, 0) is 0 Å². The summed E-state index contributed by atoms with van der Waals surface area (Å²) in [6.07, 6.45) is 9.19. The maximum Gasteiger partial charge on any atom is 0.125 e. The standard InChI is InChI=1S/C18H30BrNO/c1-4-5-6-7-8-9-10-13-21-18-14-16(19)11-12-17(18)15(2)20-3/h11-12,14-15,20H,4-10,13H2,1-3H3. The summed E-state index contributed by atoms with van der Waals surface area (Å²) in [4.78, 5) is 0. The molecular weight excluding hydrogens is 326 g/mol. The molecule has 120 valence electrons. The third-order valence-corrected chi connectivity index (χ3v) is 4.37. The first kappa shape index (κ1) is 18.5. The fourth-order valence-electron chi connectivity index (χ4n) is 2.39. The number of halogens is 1. The highest BCUT2D eigenvalue weighted by atomic mass is 79.9. The molecule has 0 aliphatic heterocycles. The fraction of sp³-hybridized carbons (Fsp3) is 0.667. The van der Waals surface area contributed by atoms with Crippen molar-refractivity contribution >= 4 is 15.9 Å². The van der Waals surface area contributed by atoms with Crippen LogP contribution in [0.2, 0.25) is 0 Å². The van der Waals surface area contributed by atoms with Crippen LogP contribution in [0.5, 0.6) is 5.75 Å². The van der Waals surface area contributed by atoms with E-state index in [0.717, 1.165) is 23.2 Å². The van der Waals surface area contributed by atoms with E-state index in [0.29, 0.717) is 6.04 Å². The van der Waals surface area contributed by atoms with Gasteiger partial charge >= 0.3 is 0 Å². The molecule has 0 aliphatic rings. The molecule has 0 aromatic heterocycles. The zero-order valence-corrected chi connectivity index (χ0v) is 15.3. The van der Waals surface area contributed by atoms with Crippen molar-refractivity contribution in [3.8, 4) is 5.75 Å². The van der Waals surface area contributed by atoms with Gasteiger partial charge in [0.2, 0.25) is 0 Å². The summed E-state index contributed by atoms with van der Waals surface area (Å²) in [6.45, 7) is 5.23. The van der Waals surface area contributed by atoms with Gasteiger partial charge in [-0.15, -0.1) is 0 Å². The number of nitrogens with one attached hydrogen (secondary N) is 1. The molecule has 1 unspecified atom stereocenters. The predicted molar refractivity (Wildman–Crippen MR) is 95.1 cm³/mol. The van der Waals surface area contributed by atoms with Gasteiger partial charge in [-0.05, 0) is 32.5 Å². The summed E-state index contributed by atoms with van der Waals surface area (Å²) in [7, 11) is 1.98. The molecule has 21 heavy (non-hydrogen) atoms. The monoisotopic (exact) mass is 355 g/mol. The van der Waals surface area contributed by atoms with E-state index in [1.54, 1.807) is 0 Å². The molecule has 0 heterocycles. The quantitative estimate of drug-likeness (QED) is 0.502. The lowest BCUT2D eigenvalue weighted by Gasteiger charge is -2.17. The summed E-state index contributed by atoms with van der Waals surface area (Å²) < 4.78 is 7.07. The van der Waals surface area contributed by atoms with Crippen molar-refractivity contribution in [2.45, 2.75) is 64.8 Å². The van der Waals surface area contributed by atoms with Gasteiger partial charge < -0.3 is 10.1 Å². The third-order valence-electron chi connectivity index (χ3n) is 3.88. The molecule has 0 fully saturated rings. The Bertz CT molecular complexity index is 395. The van der Waals surface area contributed by atoms with E-state index in [9.17, 15) is 0 Å². The van der Waals surface area contributed by atoms with Gasteiger partial charge in [-0.3, -0.25) is 0 Å². The van der Waals surface area contributed by atoms with Gasteiger partial charge in [-0.25, -0.2) is 0 Å². The largest absolute Gasteiger partial charge is 0.493 e. The topological polar surface area (TPSA) is 21.3 Å². The van der Waals surface area contributed by atoms with Gasteiger partial charge in [0.25, 0.3) is 0 Å². The molecule has 0 aliphatic carbocycles. The lowest BCUT2D eigenvalue weighted by Crippen LogP contribution is -2.14. The Hall–Kier alpha value is -0.540. The molecule has 0 bridgehead atoms. The number of ether oxygens (including phenoxy) is 1. The molecule has 0 saturated heterocycles. The Kier molecular flexibility index (Phi) is 9.77. The van der Waals surface area contributed by atoms with Crippen LogP contribution in [0.15, 0.2) is 22.7 Å². The first-order valence-electron chi connectivity index (χ1n) is 8.28. The van der Waals surface area contributed by atoms with Gasteiger partial charge in [0.15, 0.2) is 0 Å². The molecule has 0 amide bonds. The van der Waals surface area contributed by atoms with Crippen molar-refractivity contribution in [1.29, 1.82) is 0 Å². The number of unbranched alkanes of at least 4 members (excludes halogenated alkanes) is 6. The van der Waals surface area contributed by atoms with Crippen molar-refractivity contribution in [2.24, 2.45) is 0 Å². The predicted octanol–water partition coefficient (Wildman–Crippen LogP) is 5.86. The second-order valence-corrected chi connectivity index (χ2v) is 6.58. The number of rotatable bonds is 11. The summed E-state index contributed by atoms with van der Waals surface area (Å²) in [5, 5.41) is 3.28. The average Bonchev–Trinajstić information content (AvgIpc) is 2.49. The van der Waals surface area contributed by atoms with Crippen LogP contribution in [0, 0.1) is 0 Å². The van der Waals surface area contributed by atoms with Crippen LogP contribution >= 0.6 is 15.9 Å². The van der Waals surface area contributed by atoms with E-state index in [1.165, 1.54) is 44.1 Å². The van der Waals surface area contributed by atoms with E-state index >= 15 is 0 Å². The Morgan fingerprint density at radius 1 is 1.10 bits per heavy atom. The molecule has 1 N–H and O–H groups in total. The van der Waals surface area contributed by atoms with Crippen molar-refractivity contribution in [3.05, 3.63) is 28.2 Å². The van der Waals surface area contributed by atoms with Crippen molar-refractivity contribution in [2.75, 3.05) is 13.7 Å². The van der Waals surface area contributed by atoms with E-state index in [1.807, 2.05) is 7.05 Å². The second kappa shape index (κ2) is 11.1. The lowest BCUT2D eigenvalue weighted by atomic mass is 10.1. The minimum absolute atomic E-state index is 0.308. The van der Waals surface area contributed by atoms with E-state index < -0.39 is 0 Å². The first-order chi connectivity index (χ1) is 10.2. The maximum absolute atomic E-state index is 6.00. The average molecular weight is 356 g/mol. The normalized spacial score (nSPS) is 12.4. The van der Waals surface area contributed by atoms with Crippen LogP contribution in [0.3, 0.4) is 0 Å². The van der Waals surface area contributed by atoms with Crippen LogP contribution in [0.25, 0.3) is 0 Å². The maximum atomic E-state index is 6.00. The second-order valence-electron chi connectivity index (χ2n) is 5.66. The highest BCUT2D eigenvalue weighted by molar-refractivity contribution is 9.10. The van der Waals surface area contributed by atoms with Crippen LogP contribution in [0.4, 0.5) is 0 Å². The van der Waals surface area contributed by atoms with Crippen molar-refractivity contribution in [1.82, 2.24) is 5.32 Å². The highest BCUT2D eigenvalue weighted by Crippen LogP contribution is 2.28. The van der Waals surface area contributed by atoms with E-state index in [2.05, 4.69) is 53.3 Å². The fourth-order valence-corrected chi connectivity index (χ4v) is 2.73. The van der Waals surface area contributed by atoms with Gasteiger partial charge in [-0.2, -0.15) is 0 Å². The summed E-state index contributed by atoms with van der Waals surface area (Å²) in [5.41, 5.74) is 1.23. The van der Waals surface area contributed by atoms with Crippen LogP contribution in [-0.4, -0.2) is 13.7 Å². The van der Waals surface area contributed by atoms with Crippen molar-refractivity contribution in [3.63, 3.8) is 0 Å². The molecular formula is C18H30BrNO. The minimum Gasteiger partial charge on any atom is -0.493 e. The molecule has 1 atom stereocenters. The highest BCUT2D eigenvalue weighted by Gasteiger charge is 2.10. The first-order valence-corrected chi connectivity index (χ1v) is 9.07. The Morgan fingerprint density at radius 2 is 1.76 bits per heavy atom. The van der Waals surface area contributed by atoms with Gasteiger partial charge in [0, 0.05) is 16.1 Å². The molecule has 2 nitrogen and oxygen atoms in total. The van der Waals surface area contributed by atoms with Gasteiger partial charge in [-0.1, -0.05) is 67.4 Å². The zero-order valence-electron chi connectivity index (χ0n) is 13.8. The summed E-state index contributed by atoms with van der Waals surface area (Å²) in [6, 6.07) is 6.58. The SMILES string of the molecule is CCCCCCCCCOc1cc(Br)ccc1C(C)NC. The lowest BCUT2D eigenvalue weighted by molar-refractivity contribution is 0.299. The Balaban J connectivity index is 2.32. The third kappa shape index (κ3) is 7.32. The minimum atomic E-state index is 0.308. The number of hydrogen-bond donors (Lipinski definition) is 1. The smallest absolute Gasteiger partial charge is 0.125 e. The number of benzene rings is 1. The molecule has 1 rings (SSSR count). The molecule has 1 aromatic carbocycles. The van der Waals surface area contributed by atoms with Crippen LogP contribution in [0.1, 0.15) is 70.4 Å². The molecule has 0 saturated carbocycles. The Morgan fingerprint density at radius 3 is 2.43 bits per heavy atom. The molecule has 0 spiro atoms. The van der Waals surface area contributed by atoms with E-state index in [-0.39, 0.29) is 0 Å². The van der Waals surface area contributed by atoms with Gasteiger partial charge in [0.1, 0.15) is 5.75 Å². The molecule has 3 heteroatoms. The molecule has 1 aromatic rings. The van der Waals surface area contributed by atoms with Crippen LogP contribution < -0.4 is 10.1 Å². The van der Waals surface area contributed by atoms with Gasteiger partial charge in [0.05, 0.1) is 6.61 Å². The van der Waals surface area contributed by atoms with Crippen molar-refractivity contribution < 1.29 is 4.74 Å². The molecule has 0 radical (unpaired) electrons. The summed E-state index contributed by atoms with van der Waals surface area (Å²) >= 11 is 3.52. The zero-order chi connectivity index (χ0) is 15.5. The number of hydrogen-bond acceptors (Lipinski definition) is 2. The van der Waals surface area contributed by atoms with E-state index in [4.69, 9.17) is 4.74 Å². The Labute approximate surface area is 138 Å².